The molecule has 0 amide bonds. The molecular formula is C38H42F8O6. The van der Waals surface area contributed by atoms with Crippen LogP contribution in [0.4, 0.5) is 35.1 Å². The highest BCUT2D eigenvalue weighted by Gasteiger charge is 2.72. The van der Waals surface area contributed by atoms with Gasteiger partial charge in [-0.2, -0.15) is 30.7 Å². The van der Waals surface area contributed by atoms with Gasteiger partial charge in [-0.25, -0.2) is 14.0 Å². The van der Waals surface area contributed by atoms with Gasteiger partial charge in [-0.1, -0.05) is 56.9 Å². The van der Waals surface area contributed by atoms with Crippen molar-refractivity contribution < 1.29 is 63.7 Å². The third kappa shape index (κ3) is 12.5. The van der Waals surface area contributed by atoms with Crippen LogP contribution in [-0.4, -0.2) is 55.9 Å². The fourth-order valence-electron chi connectivity index (χ4n) is 4.93. The van der Waals surface area contributed by atoms with Crippen molar-refractivity contribution in [2.45, 2.75) is 95.8 Å². The molecule has 286 valence electrons. The Balaban J connectivity index is 1.38. The quantitative estimate of drug-likeness (QED) is 0.0468. The van der Waals surface area contributed by atoms with Crippen LogP contribution in [0.25, 0.3) is 11.1 Å². The summed E-state index contributed by atoms with van der Waals surface area (Å²) in [6.45, 7) is 1.55. The SMILES string of the molecule is CCCCCCC(C)OC(=O)c1ccc(-c2ccc(OC(=O)c3ccc(OCCCCCCOCC(F)(F)C(F)(F)C(F)(F)F)c(F)c3)cc2)cc1. The van der Waals surface area contributed by atoms with Crippen molar-refractivity contribution >= 4 is 11.9 Å². The Bertz CT molecular complexity index is 1560. The summed E-state index contributed by atoms with van der Waals surface area (Å²) in [6, 6.07) is 17.1. The number of unbranched alkanes of at least 4 members (excludes halogenated alkanes) is 6. The Morgan fingerprint density at radius 2 is 1.27 bits per heavy atom. The molecule has 3 rings (SSSR count). The van der Waals surface area contributed by atoms with Crippen molar-refractivity contribution in [3.8, 4) is 22.6 Å². The Labute approximate surface area is 297 Å². The molecule has 0 saturated heterocycles. The van der Waals surface area contributed by atoms with E-state index in [9.17, 15) is 44.7 Å². The lowest BCUT2D eigenvalue weighted by Crippen LogP contribution is -2.54. The first-order chi connectivity index (χ1) is 24.6. The molecular weight excluding hydrogens is 704 g/mol. The smallest absolute Gasteiger partial charge is 0.459 e. The number of benzene rings is 3. The molecule has 14 heteroatoms. The number of halogens is 8. The van der Waals surface area contributed by atoms with Gasteiger partial charge in [0.2, 0.25) is 0 Å². The van der Waals surface area contributed by atoms with Crippen molar-refractivity contribution in [3.63, 3.8) is 0 Å². The highest BCUT2D eigenvalue weighted by molar-refractivity contribution is 5.91. The molecule has 0 bridgehead atoms. The average Bonchev–Trinajstić information content (AvgIpc) is 3.09. The minimum Gasteiger partial charge on any atom is -0.491 e. The Hall–Kier alpha value is -4.20. The van der Waals surface area contributed by atoms with Gasteiger partial charge in [-0.05, 0) is 92.6 Å². The summed E-state index contributed by atoms with van der Waals surface area (Å²) >= 11 is 0. The highest BCUT2D eigenvalue weighted by Crippen LogP contribution is 2.46. The molecule has 0 aliphatic heterocycles. The van der Waals surface area contributed by atoms with Crippen LogP contribution < -0.4 is 9.47 Å². The van der Waals surface area contributed by atoms with Crippen LogP contribution in [-0.2, 0) is 9.47 Å². The maximum atomic E-state index is 14.6. The molecule has 0 heterocycles. The number of carbonyl (C=O) groups excluding carboxylic acids is 2. The van der Waals surface area contributed by atoms with Crippen LogP contribution in [0.2, 0.25) is 0 Å². The van der Waals surface area contributed by atoms with E-state index >= 15 is 0 Å². The summed E-state index contributed by atoms with van der Waals surface area (Å²) in [5.74, 6) is -13.5. The minimum absolute atomic E-state index is 0.0506. The van der Waals surface area contributed by atoms with E-state index in [0.717, 1.165) is 49.3 Å². The van der Waals surface area contributed by atoms with E-state index in [1.807, 2.05) is 6.92 Å². The van der Waals surface area contributed by atoms with Gasteiger partial charge < -0.3 is 18.9 Å². The topological polar surface area (TPSA) is 71.1 Å². The summed E-state index contributed by atoms with van der Waals surface area (Å²) in [5.41, 5.74) is 2.01. The van der Waals surface area contributed by atoms with E-state index < -0.39 is 43.0 Å². The van der Waals surface area contributed by atoms with E-state index in [1.54, 1.807) is 48.5 Å². The first-order valence-corrected chi connectivity index (χ1v) is 17.0. The van der Waals surface area contributed by atoms with Crippen molar-refractivity contribution in [1.82, 2.24) is 0 Å². The standard InChI is InChI=1S/C38H42F8O6/c1-3-4-5-8-11-26(2)51-34(47)29-14-12-27(13-15-29)28-16-19-31(20-17-28)52-35(48)30-18-21-33(32(39)24-30)50-23-10-7-6-9-22-49-25-36(40,41)37(42,43)38(44,45)46/h12-21,24,26H,3-11,22-23,25H2,1-2H3. The lowest BCUT2D eigenvalue weighted by Gasteiger charge is -2.27. The normalized spacial score (nSPS) is 12.7. The summed E-state index contributed by atoms with van der Waals surface area (Å²) in [6.07, 6.45) is -0.0167. The molecule has 3 aromatic carbocycles. The second-order valence-electron chi connectivity index (χ2n) is 12.3. The summed E-state index contributed by atoms with van der Waals surface area (Å²) in [7, 11) is 0. The zero-order valence-electron chi connectivity index (χ0n) is 28.9. The van der Waals surface area contributed by atoms with Gasteiger partial charge in [-0.3, -0.25) is 0 Å². The van der Waals surface area contributed by atoms with Gasteiger partial charge in [0.25, 0.3) is 0 Å². The van der Waals surface area contributed by atoms with Gasteiger partial charge in [0.15, 0.2) is 11.6 Å². The van der Waals surface area contributed by atoms with Crippen LogP contribution in [0.3, 0.4) is 0 Å². The van der Waals surface area contributed by atoms with E-state index in [1.165, 1.54) is 12.1 Å². The largest absolute Gasteiger partial charge is 0.491 e. The third-order valence-corrected chi connectivity index (χ3v) is 8.00. The number of alkyl halides is 7. The Kier molecular flexibility index (Phi) is 15.9. The molecule has 0 N–H and O–H groups in total. The number of hydrogen-bond donors (Lipinski definition) is 0. The van der Waals surface area contributed by atoms with Crippen molar-refractivity contribution in [2.24, 2.45) is 0 Å². The predicted molar refractivity (Wildman–Crippen MR) is 178 cm³/mol. The fraction of sp³-hybridized carbons (Fsp3) is 0.474. The Morgan fingerprint density at radius 3 is 1.87 bits per heavy atom. The van der Waals surface area contributed by atoms with Crippen molar-refractivity contribution in [3.05, 3.63) is 83.7 Å². The number of hydrogen-bond acceptors (Lipinski definition) is 6. The molecule has 0 spiro atoms. The zero-order valence-corrected chi connectivity index (χ0v) is 28.9. The molecule has 0 aromatic heterocycles. The van der Waals surface area contributed by atoms with Crippen LogP contribution in [0.15, 0.2) is 66.7 Å². The first kappa shape index (κ1) is 42.2. The number of ether oxygens (including phenoxy) is 4. The highest BCUT2D eigenvalue weighted by atomic mass is 19.4. The molecule has 52 heavy (non-hydrogen) atoms. The van der Waals surface area contributed by atoms with Crippen LogP contribution in [0.5, 0.6) is 11.5 Å². The molecule has 3 aromatic rings. The second-order valence-corrected chi connectivity index (χ2v) is 12.3. The van der Waals surface area contributed by atoms with Gasteiger partial charge in [0.05, 0.1) is 23.8 Å². The van der Waals surface area contributed by atoms with Crippen LogP contribution in [0, 0.1) is 5.82 Å². The zero-order chi connectivity index (χ0) is 38.4. The van der Waals surface area contributed by atoms with Crippen LogP contribution in [0.1, 0.15) is 92.4 Å². The molecule has 1 atom stereocenters. The van der Waals surface area contributed by atoms with Gasteiger partial charge >= 0.3 is 30.0 Å². The summed E-state index contributed by atoms with van der Waals surface area (Å²) in [5, 5.41) is 0. The van der Waals surface area contributed by atoms with Crippen molar-refractivity contribution in [2.75, 3.05) is 19.8 Å². The lowest BCUT2D eigenvalue weighted by molar-refractivity contribution is -0.361. The minimum atomic E-state index is -6.40. The predicted octanol–water partition coefficient (Wildman–Crippen LogP) is 11.0. The molecule has 0 radical (unpaired) electrons. The molecule has 0 aliphatic carbocycles. The summed E-state index contributed by atoms with van der Waals surface area (Å²) in [4.78, 5) is 25.1. The van der Waals surface area contributed by atoms with Gasteiger partial charge in [-0.15, -0.1) is 0 Å². The number of rotatable bonds is 21. The first-order valence-electron chi connectivity index (χ1n) is 17.0. The van der Waals surface area contributed by atoms with Gasteiger partial charge in [0.1, 0.15) is 12.4 Å². The second kappa shape index (κ2) is 19.6. The average molecular weight is 747 g/mol. The van der Waals surface area contributed by atoms with Crippen molar-refractivity contribution in [1.29, 1.82) is 0 Å². The van der Waals surface area contributed by atoms with E-state index in [0.29, 0.717) is 24.8 Å². The lowest BCUT2D eigenvalue weighted by atomic mass is 10.0. The fourth-order valence-corrected chi connectivity index (χ4v) is 4.93. The monoisotopic (exact) mass is 746 g/mol. The third-order valence-electron chi connectivity index (χ3n) is 8.00. The molecule has 1 unspecified atom stereocenters. The van der Waals surface area contributed by atoms with Crippen LogP contribution >= 0.6 is 0 Å². The van der Waals surface area contributed by atoms with E-state index in [2.05, 4.69) is 11.7 Å². The van der Waals surface area contributed by atoms with E-state index in [-0.39, 0.29) is 42.2 Å². The number of carbonyl (C=O) groups is 2. The molecule has 0 fully saturated rings. The molecule has 0 saturated carbocycles. The van der Waals surface area contributed by atoms with Gasteiger partial charge in [0, 0.05) is 6.61 Å². The molecule has 0 aliphatic rings. The maximum absolute atomic E-state index is 14.6. The number of esters is 2. The molecule has 6 nitrogen and oxygen atoms in total. The maximum Gasteiger partial charge on any atom is 0.459 e. The Morgan fingerprint density at radius 1 is 0.692 bits per heavy atom. The van der Waals surface area contributed by atoms with E-state index in [4.69, 9.17) is 14.2 Å². The summed E-state index contributed by atoms with van der Waals surface area (Å²) < 4.78 is 124.